The summed E-state index contributed by atoms with van der Waals surface area (Å²) in [6.07, 6.45) is -0.878. The van der Waals surface area contributed by atoms with Crippen molar-refractivity contribution in [3.63, 3.8) is 0 Å². The molecule has 0 spiro atoms. The van der Waals surface area contributed by atoms with Crippen molar-refractivity contribution in [2.45, 2.75) is 25.1 Å². The van der Waals surface area contributed by atoms with Crippen LogP contribution in [0.25, 0.3) is 11.3 Å². The standard InChI is InChI=1S/C20H25F3N6O3S/c1-33(30)29-4-2-13(3-5-29)32-18-11-16(26-19(27-18)28-6-8-31-9-7-28)14-12-25-17(24)10-15(14)20(21,22)23/h10-13H,2-9H2,1H3,(H2,24,25). The first kappa shape index (κ1) is 23.6. The lowest BCUT2D eigenvalue weighted by atomic mass is 10.1. The summed E-state index contributed by atoms with van der Waals surface area (Å²) in [5.41, 5.74) is 4.44. The Bertz CT molecular complexity index is 1010. The van der Waals surface area contributed by atoms with Gasteiger partial charge in [0.1, 0.15) is 11.9 Å². The van der Waals surface area contributed by atoms with Crippen molar-refractivity contribution in [3.8, 4) is 17.1 Å². The van der Waals surface area contributed by atoms with E-state index in [1.165, 1.54) is 6.07 Å². The van der Waals surface area contributed by atoms with Crippen molar-refractivity contribution < 1.29 is 26.9 Å². The molecule has 2 fully saturated rings. The fraction of sp³-hybridized carbons (Fsp3) is 0.550. The monoisotopic (exact) mass is 486 g/mol. The number of hydrogen-bond acceptors (Lipinski definition) is 8. The quantitative estimate of drug-likeness (QED) is 0.685. The summed E-state index contributed by atoms with van der Waals surface area (Å²) in [6.45, 7) is 3.15. The third-order valence-corrected chi connectivity index (χ3v) is 6.64. The second-order valence-corrected chi connectivity index (χ2v) is 9.18. The van der Waals surface area contributed by atoms with Gasteiger partial charge in [-0.1, -0.05) is 0 Å². The number of nitrogen functional groups attached to an aromatic ring is 1. The van der Waals surface area contributed by atoms with Crippen molar-refractivity contribution in [3.05, 3.63) is 23.9 Å². The molecule has 0 aromatic carbocycles. The van der Waals surface area contributed by atoms with Gasteiger partial charge in [0.05, 0.1) is 35.5 Å². The summed E-state index contributed by atoms with van der Waals surface area (Å²) in [5, 5.41) is 0. The summed E-state index contributed by atoms with van der Waals surface area (Å²) in [7, 11) is -1.05. The van der Waals surface area contributed by atoms with E-state index in [0.29, 0.717) is 52.2 Å². The van der Waals surface area contributed by atoms with Gasteiger partial charge in [-0.05, 0) is 18.9 Å². The highest BCUT2D eigenvalue weighted by Crippen LogP contribution is 2.38. The van der Waals surface area contributed by atoms with Crippen molar-refractivity contribution >= 4 is 22.8 Å². The van der Waals surface area contributed by atoms with E-state index in [0.717, 1.165) is 12.3 Å². The number of ether oxygens (including phenoxy) is 2. The van der Waals surface area contributed by atoms with Gasteiger partial charge in [-0.15, -0.1) is 0 Å². The summed E-state index contributed by atoms with van der Waals surface area (Å²) < 4.78 is 66.1. The fourth-order valence-corrected chi connectivity index (χ4v) is 4.53. The lowest BCUT2D eigenvalue weighted by Crippen LogP contribution is -2.39. The number of aromatic nitrogens is 3. The molecule has 1 unspecified atom stereocenters. The molecule has 0 saturated carbocycles. The molecule has 33 heavy (non-hydrogen) atoms. The highest BCUT2D eigenvalue weighted by molar-refractivity contribution is 7.81. The number of anilines is 2. The second kappa shape index (κ2) is 9.77. The van der Waals surface area contributed by atoms with Gasteiger partial charge in [-0.3, -0.25) is 0 Å². The minimum absolute atomic E-state index is 0.0495. The first-order valence-electron chi connectivity index (χ1n) is 10.5. The minimum atomic E-state index is -4.64. The maximum Gasteiger partial charge on any atom is 0.417 e. The summed E-state index contributed by atoms with van der Waals surface area (Å²) in [6, 6.07) is 2.20. The van der Waals surface area contributed by atoms with Crippen molar-refractivity contribution in [2.24, 2.45) is 0 Å². The van der Waals surface area contributed by atoms with Crippen LogP contribution in [0.3, 0.4) is 0 Å². The minimum Gasteiger partial charge on any atom is -0.474 e. The SMILES string of the molecule is CS(=O)N1CCC(Oc2cc(-c3cnc(N)cc3C(F)(F)F)nc(N3CCOCC3)n2)CC1. The second-order valence-electron chi connectivity index (χ2n) is 7.81. The highest BCUT2D eigenvalue weighted by Gasteiger charge is 2.35. The Labute approximate surface area is 191 Å². The molecule has 2 aliphatic rings. The molecular formula is C20H25F3N6O3S. The Morgan fingerprint density at radius 1 is 1.15 bits per heavy atom. The predicted molar refractivity (Wildman–Crippen MR) is 117 cm³/mol. The first-order chi connectivity index (χ1) is 15.7. The fourth-order valence-electron chi connectivity index (χ4n) is 3.80. The molecule has 0 aliphatic carbocycles. The van der Waals surface area contributed by atoms with Gasteiger partial charge in [0.2, 0.25) is 11.8 Å². The van der Waals surface area contributed by atoms with E-state index >= 15 is 0 Å². The van der Waals surface area contributed by atoms with E-state index < -0.39 is 22.7 Å². The van der Waals surface area contributed by atoms with Crippen LogP contribution in [-0.4, -0.2) is 75.2 Å². The lowest BCUT2D eigenvalue weighted by Gasteiger charge is -2.31. The molecule has 13 heteroatoms. The van der Waals surface area contributed by atoms with E-state index in [1.807, 2.05) is 9.21 Å². The summed E-state index contributed by atoms with van der Waals surface area (Å²) >= 11 is 0. The zero-order valence-electron chi connectivity index (χ0n) is 18.0. The molecule has 0 amide bonds. The van der Waals surface area contributed by atoms with Crippen LogP contribution >= 0.6 is 0 Å². The largest absolute Gasteiger partial charge is 0.474 e. The Hall–Kier alpha value is -2.51. The van der Waals surface area contributed by atoms with Gasteiger partial charge < -0.3 is 20.1 Å². The van der Waals surface area contributed by atoms with Crippen LogP contribution < -0.4 is 15.4 Å². The summed E-state index contributed by atoms with van der Waals surface area (Å²) in [5.74, 6) is 0.218. The molecule has 2 aromatic rings. The van der Waals surface area contributed by atoms with Gasteiger partial charge in [-0.25, -0.2) is 18.5 Å². The van der Waals surface area contributed by atoms with Gasteiger partial charge in [0.25, 0.3) is 0 Å². The Morgan fingerprint density at radius 2 is 1.85 bits per heavy atom. The molecule has 2 aliphatic heterocycles. The first-order valence-corrected chi connectivity index (χ1v) is 12.0. The predicted octanol–water partition coefficient (Wildman–Crippen LogP) is 2.11. The molecule has 4 rings (SSSR count). The smallest absolute Gasteiger partial charge is 0.417 e. The molecular weight excluding hydrogens is 461 g/mol. The number of pyridine rings is 1. The number of piperidine rings is 1. The number of rotatable bonds is 5. The van der Waals surface area contributed by atoms with Crippen molar-refractivity contribution in [1.82, 2.24) is 19.3 Å². The molecule has 0 bridgehead atoms. The average Bonchev–Trinajstić information content (AvgIpc) is 2.79. The average molecular weight is 487 g/mol. The molecule has 0 radical (unpaired) electrons. The number of nitrogens with zero attached hydrogens (tertiary/aromatic N) is 5. The van der Waals surface area contributed by atoms with E-state index in [1.54, 1.807) is 6.26 Å². The van der Waals surface area contributed by atoms with Crippen molar-refractivity contribution in [1.29, 1.82) is 0 Å². The molecule has 180 valence electrons. The van der Waals surface area contributed by atoms with Gasteiger partial charge >= 0.3 is 6.18 Å². The normalized spacial score (nSPS) is 19.5. The zero-order chi connectivity index (χ0) is 23.6. The molecule has 2 saturated heterocycles. The number of nitrogens with two attached hydrogens (primary N) is 1. The van der Waals surface area contributed by atoms with Gasteiger partial charge in [0.15, 0.2) is 0 Å². The van der Waals surface area contributed by atoms with E-state index in [2.05, 4.69) is 15.0 Å². The van der Waals surface area contributed by atoms with E-state index in [-0.39, 0.29) is 35.0 Å². The van der Waals surface area contributed by atoms with Crippen LogP contribution in [0.1, 0.15) is 18.4 Å². The number of halogens is 3. The number of alkyl halides is 3. The summed E-state index contributed by atoms with van der Waals surface area (Å²) in [4.78, 5) is 14.6. The maximum atomic E-state index is 13.7. The molecule has 2 aromatic heterocycles. The zero-order valence-corrected chi connectivity index (χ0v) is 18.9. The van der Waals surface area contributed by atoms with Crippen LogP contribution in [0.2, 0.25) is 0 Å². The Balaban J connectivity index is 1.68. The van der Waals surface area contributed by atoms with E-state index in [4.69, 9.17) is 15.2 Å². The van der Waals surface area contributed by atoms with Crippen LogP contribution in [0.15, 0.2) is 18.3 Å². The highest BCUT2D eigenvalue weighted by atomic mass is 32.2. The van der Waals surface area contributed by atoms with Crippen LogP contribution in [-0.2, 0) is 21.9 Å². The Morgan fingerprint density at radius 3 is 2.48 bits per heavy atom. The van der Waals surface area contributed by atoms with Crippen LogP contribution in [0.4, 0.5) is 24.9 Å². The third kappa shape index (κ3) is 5.71. The topological polar surface area (TPSA) is 107 Å². The van der Waals surface area contributed by atoms with E-state index in [9.17, 15) is 17.4 Å². The van der Waals surface area contributed by atoms with Gasteiger partial charge in [0, 0.05) is 50.3 Å². The number of hydrogen-bond donors (Lipinski definition) is 1. The Kier molecular flexibility index (Phi) is 7.00. The van der Waals surface area contributed by atoms with Crippen LogP contribution in [0.5, 0.6) is 5.88 Å². The lowest BCUT2D eigenvalue weighted by molar-refractivity contribution is -0.137. The molecule has 1 atom stereocenters. The van der Waals surface area contributed by atoms with Gasteiger partial charge in [-0.2, -0.15) is 18.2 Å². The molecule has 9 nitrogen and oxygen atoms in total. The van der Waals surface area contributed by atoms with Crippen LogP contribution in [0, 0.1) is 0 Å². The molecule has 4 heterocycles. The molecule has 2 N–H and O–H groups in total. The maximum absolute atomic E-state index is 13.7. The van der Waals surface area contributed by atoms with Crippen molar-refractivity contribution in [2.75, 3.05) is 56.3 Å². The number of morpholine rings is 1. The third-order valence-electron chi connectivity index (χ3n) is 5.54.